The molecule has 0 saturated carbocycles. The van der Waals surface area contributed by atoms with Crippen LogP contribution in [0.4, 0.5) is 0 Å². The molecule has 1 unspecified atom stereocenters. The van der Waals surface area contributed by atoms with E-state index in [0.717, 1.165) is 6.42 Å². The zero-order valence-electron chi connectivity index (χ0n) is 11.8. The molecule has 0 spiro atoms. The third-order valence-corrected chi connectivity index (χ3v) is 6.23. The molecule has 0 bridgehead atoms. The van der Waals surface area contributed by atoms with Crippen molar-refractivity contribution in [2.24, 2.45) is 17.6 Å². The zero-order chi connectivity index (χ0) is 14.9. The highest BCUT2D eigenvalue weighted by Gasteiger charge is 2.33. The summed E-state index contributed by atoms with van der Waals surface area (Å²) in [5.74, 6) is 0.936. The summed E-state index contributed by atoms with van der Waals surface area (Å²) >= 11 is 5.98. The average Bonchev–Trinajstić information content (AvgIpc) is 2.89. The molecule has 112 valence electrons. The number of halogens is 1. The van der Waals surface area contributed by atoms with Gasteiger partial charge in [-0.3, -0.25) is 0 Å². The fourth-order valence-corrected chi connectivity index (χ4v) is 4.29. The first kappa shape index (κ1) is 15.8. The maximum absolute atomic E-state index is 12.6. The molecular formula is C14H21ClN2O2S. The Morgan fingerprint density at radius 3 is 2.70 bits per heavy atom. The van der Waals surface area contributed by atoms with Crippen LogP contribution >= 0.6 is 11.6 Å². The summed E-state index contributed by atoms with van der Waals surface area (Å²) in [5.41, 5.74) is 6.24. The molecule has 2 N–H and O–H groups in total. The number of nitrogens with two attached hydrogens (primary N) is 1. The summed E-state index contributed by atoms with van der Waals surface area (Å²) in [6.07, 6.45) is 0.925. The van der Waals surface area contributed by atoms with Gasteiger partial charge < -0.3 is 5.73 Å². The number of hydrogen-bond donors (Lipinski definition) is 1. The zero-order valence-corrected chi connectivity index (χ0v) is 13.4. The van der Waals surface area contributed by atoms with Gasteiger partial charge in [0.25, 0.3) is 0 Å². The van der Waals surface area contributed by atoms with Crippen molar-refractivity contribution in [3.8, 4) is 0 Å². The molecule has 4 nitrogen and oxygen atoms in total. The minimum Gasteiger partial charge on any atom is -0.326 e. The van der Waals surface area contributed by atoms with E-state index in [0.29, 0.717) is 35.5 Å². The maximum atomic E-state index is 12.6. The average molecular weight is 317 g/mol. The van der Waals surface area contributed by atoms with E-state index in [1.807, 2.05) is 0 Å². The molecule has 0 amide bonds. The van der Waals surface area contributed by atoms with Crippen molar-refractivity contribution in [1.82, 2.24) is 4.31 Å². The molecule has 1 saturated heterocycles. The quantitative estimate of drug-likeness (QED) is 0.928. The van der Waals surface area contributed by atoms with E-state index in [1.165, 1.54) is 0 Å². The standard InChI is InChI=1S/C14H21ClN2O2S/c1-10(2)11-5-6-17(9-11)20(18,19)13-3-4-14(15)12(7-13)8-16/h3-4,7,10-11H,5-6,8-9,16H2,1-2H3. The molecule has 1 atom stereocenters. The van der Waals surface area contributed by atoms with Crippen LogP contribution in [0.5, 0.6) is 0 Å². The summed E-state index contributed by atoms with van der Waals surface area (Å²) in [5, 5.41) is 0.507. The second kappa shape index (κ2) is 6.02. The number of rotatable bonds is 4. The molecule has 1 aromatic carbocycles. The van der Waals surface area contributed by atoms with E-state index in [1.54, 1.807) is 22.5 Å². The highest BCUT2D eigenvalue weighted by molar-refractivity contribution is 7.89. The topological polar surface area (TPSA) is 63.4 Å². The van der Waals surface area contributed by atoms with Gasteiger partial charge in [0.2, 0.25) is 10.0 Å². The van der Waals surface area contributed by atoms with Crippen molar-refractivity contribution in [2.45, 2.75) is 31.7 Å². The predicted octanol–water partition coefficient (Wildman–Crippen LogP) is 2.47. The molecule has 2 rings (SSSR count). The Morgan fingerprint density at radius 2 is 2.15 bits per heavy atom. The van der Waals surface area contributed by atoms with Crippen LogP contribution in [-0.4, -0.2) is 25.8 Å². The monoisotopic (exact) mass is 316 g/mol. The molecule has 1 heterocycles. The van der Waals surface area contributed by atoms with E-state index >= 15 is 0 Å². The van der Waals surface area contributed by atoms with Gasteiger partial charge in [0.15, 0.2) is 0 Å². The number of hydrogen-bond acceptors (Lipinski definition) is 3. The SMILES string of the molecule is CC(C)C1CCN(S(=O)(=O)c2ccc(Cl)c(CN)c2)C1. The van der Waals surface area contributed by atoms with E-state index < -0.39 is 10.0 Å². The maximum Gasteiger partial charge on any atom is 0.243 e. The van der Waals surface area contributed by atoms with Crippen LogP contribution in [0.2, 0.25) is 5.02 Å². The van der Waals surface area contributed by atoms with Crippen LogP contribution in [0.1, 0.15) is 25.8 Å². The predicted molar refractivity (Wildman–Crippen MR) is 81.0 cm³/mol. The highest BCUT2D eigenvalue weighted by atomic mass is 35.5. The molecule has 6 heteroatoms. The molecule has 1 aliphatic heterocycles. The first-order valence-corrected chi connectivity index (χ1v) is 8.66. The number of sulfonamides is 1. The molecule has 1 fully saturated rings. The van der Waals surface area contributed by atoms with E-state index in [-0.39, 0.29) is 11.4 Å². The van der Waals surface area contributed by atoms with Gasteiger partial charge in [-0.15, -0.1) is 0 Å². The normalized spacial score (nSPS) is 20.8. The van der Waals surface area contributed by atoms with Crippen molar-refractivity contribution in [2.75, 3.05) is 13.1 Å². The Kier molecular flexibility index (Phi) is 4.74. The van der Waals surface area contributed by atoms with Crippen LogP contribution in [0.15, 0.2) is 23.1 Å². The van der Waals surface area contributed by atoms with Gasteiger partial charge in [0.05, 0.1) is 4.90 Å². The smallest absolute Gasteiger partial charge is 0.243 e. The van der Waals surface area contributed by atoms with Crippen LogP contribution in [0, 0.1) is 11.8 Å². The molecule has 1 aromatic rings. The van der Waals surface area contributed by atoms with Crippen LogP contribution < -0.4 is 5.73 Å². The summed E-state index contributed by atoms with van der Waals surface area (Å²) in [6.45, 7) is 5.69. The fraction of sp³-hybridized carbons (Fsp3) is 0.571. The third kappa shape index (κ3) is 3.01. The van der Waals surface area contributed by atoms with Gasteiger partial charge in [-0.05, 0) is 42.0 Å². The van der Waals surface area contributed by atoms with E-state index in [2.05, 4.69) is 13.8 Å². The highest BCUT2D eigenvalue weighted by Crippen LogP contribution is 2.29. The summed E-state index contributed by atoms with van der Waals surface area (Å²) in [4.78, 5) is 0.284. The van der Waals surface area contributed by atoms with Crippen LogP contribution in [-0.2, 0) is 16.6 Å². The Labute approximate surface area is 126 Å². The van der Waals surface area contributed by atoms with Crippen molar-refractivity contribution in [3.05, 3.63) is 28.8 Å². The molecule has 0 aromatic heterocycles. The Balaban J connectivity index is 2.27. The molecule has 20 heavy (non-hydrogen) atoms. The largest absolute Gasteiger partial charge is 0.326 e. The van der Waals surface area contributed by atoms with Crippen molar-refractivity contribution in [3.63, 3.8) is 0 Å². The lowest BCUT2D eigenvalue weighted by molar-refractivity contribution is 0.388. The minimum atomic E-state index is -3.44. The van der Waals surface area contributed by atoms with Gasteiger partial charge in [0.1, 0.15) is 0 Å². The second-order valence-electron chi connectivity index (χ2n) is 5.61. The first-order chi connectivity index (χ1) is 9.36. The van der Waals surface area contributed by atoms with Gasteiger partial charge in [-0.2, -0.15) is 4.31 Å². The van der Waals surface area contributed by atoms with Crippen LogP contribution in [0.3, 0.4) is 0 Å². The first-order valence-electron chi connectivity index (χ1n) is 6.85. The van der Waals surface area contributed by atoms with E-state index in [4.69, 9.17) is 17.3 Å². The van der Waals surface area contributed by atoms with Gasteiger partial charge in [-0.25, -0.2) is 8.42 Å². The second-order valence-corrected chi connectivity index (χ2v) is 7.96. The van der Waals surface area contributed by atoms with Crippen LogP contribution in [0.25, 0.3) is 0 Å². The lowest BCUT2D eigenvalue weighted by atomic mass is 9.96. The summed E-state index contributed by atoms with van der Waals surface area (Å²) in [7, 11) is -3.44. The summed E-state index contributed by atoms with van der Waals surface area (Å²) in [6, 6.07) is 4.74. The Bertz CT molecular complexity index is 587. The third-order valence-electron chi connectivity index (χ3n) is 4.01. The Morgan fingerprint density at radius 1 is 1.45 bits per heavy atom. The molecular weight excluding hydrogens is 296 g/mol. The molecule has 0 radical (unpaired) electrons. The van der Waals surface area contributed by atoms with E-state index in [9.17, 15) is 8.42 Å². The minimum absolute atomic E-state index is 0.233. The van der Waals surface area contributed by atoms with Crippen molar-refractivity contribution >= 4 is 21.6 Å². The van der Waals surface area contributed by atoms with Crippen molar-refractivity contribution in [1.29, 1.82) is 0 Å². The lowest BCUT2D eigenvalue weighted by Gasteiger charge is -2.18. The van der Waals surface area contributed by atoms with Gasteiger partial charge in [0, 0.05) is 24.7 Å². The van der Waals surface area contributed by atoms with Gasteiger partial charge >= 0.3 is 0 Å². The number of benzene rings is 1. The lowest BCUT2D eigenvalue weighted by Crippen LogP contribution is -2.29. The summed E-state index contributed by atoms with van der Waals surface area (Å²) < 4.78 is 26.8. The Hall–Kier alpha value is -0.620. The molecule has 0 aliphatic carbocycles. The fourth-order valence-electron chi connectivity index (χ4n) is 2.53. The number of nitrogens with zero attached hydrogens (tertiary/aromatic N) is 1. The molecule has 1 aliphatic rings. The van der Waals surface area contributed by atoms with Crippen molar-refractivity contribution < 1.29 is 8.42 Å². The van der Waals surface area contributed by atoms with Gasteiger partial charge in [-0.1, -0.05) is 25.4 Å².